The van der Waals surface area contributed by atoms with Crippen molar-refractivity contribution in [3.63, 3.8) is 0 Å². The highest BCUT2D eigenvalue weighted by molar-refractivity contribution is 5.76. The van der Waals surface area contributed by atoms with Crippen molar-refractivity contribution in [1.82, 2.24) is 9.80 Å². The summed E-state index contributed by atoms with van der Waals surface area (Å²) < 4.78 is 13.7. The van der Waals surface area contributed by atoms with Crippen LogP contribution in [0.15, 0.2) is 24.3 Å². The van der Waals surface area contributed by atoms with Crippen molar-refractivity contribution in [2.24, 2.45) is 5.92 Å². The van der Waals surface area contributed by atoms with E-state index in [-0.39, 0.29) is 5.82 Å². The first-order valence-electron chi connectivity index (χ1n) is 9.46. The first kappa shape index (κ1) is 17.4. The zero-order valence-electron chi connectivity index (χ0n) is 14.6. The summed E-state index contributed by atoms with van der Waals surface area (Å²) in [7, 11) is 0. The van der Waals surface area contributed by atoms with Gasteiger partial charge in [0, 0.05) is 32.6 Å². The second-order valence-corrected chi connectivity index (χ2v) is 7.28. The number of hydrogen-bond acceptors (Lipinski definition) is 2. The fraction of sp³-hybridized carbons (Fsp3) is 0.650. The van der Waals surface area contributed by atoms with Gasteiger partial charge in [-0.2, -0.15) is 0 Å². The second-order valence-electron chi connectivity index (χ2n) is 7.28. The minimum atomic E-state index is -0.0821. The average Bonchev–Trinajstić information content (AvgIpc) is 3.14. The van der Waals surface area contributed by atoms with E-state index in [1.54, 1.807) is 12.1 Å². The topological polar surface area (TPSA) is 23.6 Å². The van der Waals surface area contributed by atoms with Crippen LogP contribution >= 0.6 is 0 Å². The van der Waals surface area contributed by atoms with E-state index < -0.39 is 0 Å². The SMILES string of the molecule is O=C(CCN1CCC[C@@H](CCc2ccccc2F)C1)N1CCCC1. The Labute approximate surface area is 144 Å². The van der Waals surface area contributed by atoms with E-state index in [2.05, 4.69) is 4.90 Å². The number of carbonyl (C=O) groups excluding carboxylic acids is 1. The van der Waals surface area contributed by atoms with Crippen molar-refractivity contribution in [1.29, 1.82) is 0 Å². The molecule has 1 amide bonds. The van der Waals surface area contributed by atoms with Crippen molar-refractivity contribution < 1.29 is 9.18 Å². The molecular weight excluding hydrogens is 303 g/mol. The van der Waals surface area contributed by atoms with Gasteiger partial charge in [0.05, 0.1) is 0 Å². The molecule has 0 unspecified atom stereocenters. The number of nitrogens with zero attached hydrogens (tertiary/aromatic N) is 2. The molecule has 3 rings (SSSR count). The van der Waals surface area contributed by atoms with Crippen LogP contribution in [-0.2, 0) is 11.2 Å². The molecule has 0 aromatic heterocycles. The number of likely N-dealkylation sites (tertiary alicyclic amines) is 2. The zero-order chi connectivity index (χ0) is 16.8. The second kappa shape index (κ2) is 8.61. The lowest BCUT2D eigenvalue weighted by molar-refractivity contribution is -0.130. The van der Waals surface area contributed by atoms with Gasteiger partial charge < -0.3 is 9.80 Å². The maximum atomic E-state index is 13.7. The lowest BCUT2D eigenvalue weighted by Crippen LogP contribution is -2.38. The third-order valence-corrected chi connectivity index (χ3v) is 5.48. The summed E-state index contributed by atoms with van der Waals surface area (Å²) in [5, 5.41) is 0. The van der Waals surface area contributed by atoms with Crippen molar-refractivity contribution in [3.05, 3.63) is 35.6 Å². The van der Waals surface area contributed by atoms with Gasteiger partial charge in [-0.05, 0) is 62.6 Å². The molecule has 1 atom stereocenters. The Morgan fingerprint density at radius 1 is 1.12 bits per heavy atom. The summed E-state index contributed by atoms with van der Waals surface area (Å²) in [6.45, 7) is 4.94. The molecule has 0 aliphatic carbocycles. The third kappa shape index (κ3) is 4.79. The summed E-state index contributed by atoms with van der Waals surface area (Å²) in [6.07, 6.45) is 7.25. The lowest BCUT2D eigenvalue weighted by atomic mass is 9.91. The summed E-state index contributed by atoms with van der Waals surface area (Å²) in [6, 6.07) is 7.10. The highest BCUT2D eigenvalue weighted by atomic mass is 19.1. The van der Waals surface area contributed by atoms with Gasteiger partial charge in [-0.1, -0.05) is 18.2 Å². The minimum Gasteiger partial charge on any atom is -0.343 e. The van der Waals surface area contributed by atoms with E-state index in [9.17, 15) is 9.18 Å². The molecule has 1 aromatic rings. The van der Waals surface area contributed by atoms with Crippen LogP contribution in [0.1, 0.15) is 44.1 Å². The van der Waals surface area contributed by atoms with E-state index in [4.69, 9.17) is 0 Å². The number of carbonyl (C=O) groups is 1. The molecule has 2 heterocycles. The summed E-state index contributed by atoms with van der Waals surface area (Å²) in [5.41, 5.74) is 0.832. The molecule has 3 nitrogen and oxygen atoms in total. The van der Waals surface area contributed by atoms with Gasteiger partial charge in [-0.3, -0.25) is 4.79 Å². The molecule has 2 aliphatic heterocycles. The maximum Gasteiger partial charge on any atom is 0.223 e. The number of benzene rings is 1. The van der Waals surface area contributed by atoms with Gasteiger partial charge in [-0.25, -0.2) is 4.39 Å². The molecule has 2 aliphatic rings. The maximum absolute atomic E-state index is 13.7. The number of rotatable bonds is 6. The molecule has 1 aromatic carbocycles. The predicted molar refractivity (Wildman–Crippen MR) is 94.3 cm³/mol. The first-order valence-corrected chi connectivity index (χ1v) is 9.46. The normalized spacial score (nSPS) is 22.0. The van der Waals surface area contributed by atoms with Crippen molar-refractivity contribution in [2.45, 2.75) is 44.9 Å². The molecule has 4 heteroatoms. The standard InChI is InChI=1S/C20H29FN2O/c21-19-8-2-1-7-18(19)10-9-17-6-5-12-22(16-17)15-11-20(24)23-13-3-4-14-23/h1-2,7-8,17H,3-6,9-16H2/t17-/m0/s1. The van der Waals surface area contributed by atoms with E-state index >= 15 is 0 Å². The predicted octanol–water partition coefficient (Wildman–Crippen LogP) is 3.48. The van der Waals surface area contributed by atoms with Crippen LogP contribution in [0.4, 0.5) is 4.39 Å². The Morgan fingerprint density at radius 2 is 1.92 bits per heavy atom. The van der Waals surface area contributed by atoms with Crippen LogP contribution in [0.5, 0.6) is 0 Å². The summed E-state index contributed by atoms with van der Waals surface area (Å²) >= 11 is 0. The number of halogens is 1. The van der Waals surface area contributed by atoms with Gasteiger partial charge in [-0.15, -0.1) is 0 Å². The Balaban J connectivity index is 1.41. The Kier molecular flexibility index (Phi) is 6.24. The van der Waals surface area contributed by atoms with Crippen LogP contribution in [0, 0.1) is 11.7 Å². The van der Waals surface area contributed by atoms with Crippen molar-refractivity contribution in [2.75, 3.05) is 32.7 Å². The molecule has 132 valence electrons. The Morgan fingerprint density at radius 3 is 2.71 bits per heavy atom. The van der Waals surface area contributed by atoms with E-state index in [0.29, 0.717) is 18.2 Å². The van der Waals surface area contributed by atoms with Crippen LogP contribution in [0.25, 0.3) is 0 Å². The van der Waals surface area contributed by atoms with Gasteiger partial charge in [0.15, 0.2) is 0 Å². The molecule has 0 bridgehead atoms. The number of aryl methyl sites for hydroxylation is 1. The van der Waals surface area contributed by atoms with Crippen molar-refractivity contribution in [3.8, 4) is 0 Å². The van der Waals surface area contributed by atoms with Crippen molar-refractivity contribution >= 4 is 5.91 Å². The van der Waals surface area contributed by atoms with E-state index in [1.807, 2.05) is 17.0 Å². The van der Waals surface area contributed by atoms with Crippen LogP contribution in [-0.4, -0.2) is 48.4 Å². The lowest BCUT2D eigenvalue weighted by Gasteiger charge is -2.33. The average molecular weight is 332 g/mol. The van der Waals surface area contributed by atoms with Crippen LogP contribution < -0.4 is 0 Å². The summed E-state index contributed by atoms with van der Waals surface area (Å²) in [5.74, 6) is 0.864. The zero-order valence-corrected chi connectivity index (χ0v) is 14.6. The molecule has 2 saturated heterocycles. The largest absolute Gasteiger partial charge is 0.343 e. The number of hydrogen-bond donors (Lipinski definition) is 0. The van der Waals surface area contributed by atoms with E-state index in [1.165, 1.54) is 12.8 Å². The number of piperidine rings is 1. The Bertz CT molecular complexity index is 542. The molecule has 0 N–H and O–H groups in total. The van der Waals surface area contributed by atoms with Gasteiger partial charge >= 0.3 is 0 Å². The molecule has 2 fully saturated rings. The van der Waals surface area contributed by atoms with Gasteiger partial charge in [0.2, 0.25) is 5.91 Å². The third-order valence-electron chi connectivity index (χ3n) is 5.48. The summed E-state index contributed by atoms with van der Waals surface area (Å²) in [4.78, 5) is 16.6. The highest BCUT2D eigenvalue weighted by Gasteiger charge is 2.22. The highest BCUT2D eigenvalue weighted by Crippen LogP contribution is 2.22. The minimum absolute atomic E-state index is 0.0821. The number of amides is 1. The van der Waals surface area contributed by atoms with Crippen LogP contribution in [0.3, 0.4) is 0 Å². The Hall–Kier alpha value is -1.42. The van der Waals surface area contributed by atoms with Gasteiger partial charge in [0.25, 0.3) is 0 Å². The quantitative estimate of drug-likeness (QED) is 0.796. The molecule has 0 radical (unpaired) electrons. The molecule has 0 spiro atoms. The molecule has 24 heavy (non-hydrogen) atoms. The van der Waals surface area contributed by atoms with Gasteiger partial charge in [0.1, 0.15) is 5.82 Å². The van der Waals surface area contributed by atoms with E-state index in [0.717, 1.165) is 64.0 Å². The monoisotopic (exact) mass is 332 g/mol. The molecular formula is C20H29FN2O. The molecule has 0 saturated carbocycles. The smallest absolute Gasteiger partial charge is 0.223 e. The van der Waals surface area contributed by atoms with Crippen LogP contribution in [0.2, 0.25) is 0 Å². The first-order chi connectivity index (χ1) is 11.7. The fourth-order valence-corrected chi connectivity index (χ4v) is 4.03. The fourth-order valence-electron chi connectivity index (χ4n) is 4.03.